The normalized spacial score (nSPS) is 9.82. The summed E-state index contributed by atoms with van der Waals surface area (Å²) in [6.07, 6.45) is 0.556. The van der Waals surface area contributed by atoms with Gasteiger partial charge in [-0.1, -0.05) is 12.1 Å². The first-order valence-corrected chi connectivity index (χ1v) is 6.81. The van der Waals surface area contributed by atoms with Crippen LogP contribution in [0.15, 0.2) is 48.5 Å². The second-order valence-electron chi connectivity index (χ2n) is 4.65. The number of amides is 1. The van der Waals surface area contributed by atoms with Gasteiger partial charge in [-0.25, -0.2) is 4.39 Å². The fourth-order valence-electron chi connectivity index (χ4n) is 1.86. The van der Waals surface area contributed by atoms with Crippen LogP contribution < -0.4 is 10.1 Å². The number of ether oxygens (including phenoxy) is 1. The number of carbonyl (C=O) groups excluding carboxylic acids is 1. The highest BCUT2D eigenvalue weighted by Crippen LogP contribution is 2.11. The molecule has 4 nitrogen and oxygen atoms in total. The van der Waals surface area contributed by atoms with Crippen molar-refractivity contribution in [2.24, 2.45) is 0 Å². The van der Waals surface area contributed by atoms with Crippen LogP contribution in [0, 0.1) is 17.1 Å². The van der Waals surface area contributed by atoms with Crippen LogP contribution in [-0.4, -0.2) is 19.1 Å². The molecule has 0 atom stereocenters. The average molecular weight is 298 g/mol. The van der Waals surface area contributed by atoms with Gasteiger partial charge in [0.1, 0.15) is 11.6 Å². The number of hydrogen-bond donors (Lipinski definition) is 1. The molecule has 0 bridgehead atoms. The van der Waals surface area contributed by atoms with E-state index in [9.17, 15) is 9.18 Å². The maximum atomic E-state index is 13.0. The van der Waals surface area contributed by atoms with Crippen molar-refractivity contribution in [3.63, 3.8) is 0 Å². The van der Waals surface area contributed by atoms with Crippen LogP contribution in [0.25, 0.3) is 0 Å². The minimum absolute atomic E-state index is 0.102. The number of hydrogen-bond acceptors (Lipinski definition) is 3. The minimum atomic E-state index is -0.284. The second-order valence-corrected chi connectivity index (χ2v) is 4.65. The Hall–Kier alpha value is -2.87. The highest BCUT2D eigenvalue weighted by atomic mass is 19.1. The first-order valence-electron chi connectivity index (χ1n) is 6.81. The number of nitrogens with zero attached hydrogens (tertiary/aromatic N) is 1. The van der Waals surface area contributed by atoms with Crippen LogP contribution in [0.5, 0.6) is 5.75 Å². The summed E-state index contributed by atoms with van der Waals surface area (Å²) >= 11 is 0. The Morgan fingerprint density at radius 3 is 2.68 bits per heavy atom. The van der Waals surface area contributed by atoms with E-state index in [1.807, 2.05) is 12.1 Å². The fourth-order valence-corrected chi connectivity index (χ4v) is 1.86. The molecule has 2 aromatic rings. The van der Waals surface area contributed by atoms with Gasteiger partial charge in [0, 0.05) is 6.54 Å². The first kappa shape index (κ1) is 15.5. The van der Waals surface area contributed by atoms with Crippen molar-refractivity contribution < 1.29 is 13.9 Å². The zero-order valence-corrected chi connectivity index (χ0v) is 11.9. The maximum Gasteiger partial charge on any atom is 0.257 e. The van der Waals surface area contributed by atoms with Crippen molar-refractivity contribution >= 4 is 5.91 Å². The predicted octanol–water partition coefficient (Wildman–Crippen LogP) is 2.44. The molecule has 2 aromatic carbocycles. The van der Waals surface area contributed by atoms with E-state index >= 15 is 0 Å². The summed E-state index contributed by atoms with van der Waals surface area (Å²) in [4.78, 5) is 11.6. The zero-order chi connectivity index (χ0) is 15.8. The Balaban J connectivity index is 1.70. The Labute approximate surface area is 128 Å². The largest absolute Gasteiger partial charge is 0.484 e. The standard InChI is InChI=1S/C17H15FN2O2/c18-15-3-1-2-13(10-15)8-9-20-17(21)12-22-16-6-4-14(11-19)5-7-16/h1-7,10H,8-9,12H2,(H,20,21). The van der Waals surface area contributed by atoms with Gasteiger partial charge in [-0.15, -0.1) is 0 Å². The maximum absolute atomic E-state index is 13.0. The molecule has 0 aliphatic heterocycles. The third kappa shape index (κ3) is 4.91. The Morgan fingerprint density at radius 2 is 2.00 bits per heavy atom. The minimum Gasteiger partial charge on any atom is -0.484 e. The van der Waals surface area contributed by atoms with Gasteiger partial charge in [-0.2, -0.15) is 5.26 Å². The monoisotopic (exact) mass is 298 g/mol. The number of nitriles is 1. The molecule has 0 heterocycles. The number of nitrogens with one attached hydrogen (secondary N) is 1. The van der Waals surface area contributed by atoms with Crippen molar-refractivity contribution in [3.8, 4) is 11.8 Å². The molecule has 0 unspecified atom stereocenters. The first-order chi connectivity index (χ1) is 10.7. The lowest BCUT2D eigenvalue weighted by molar-refractivity contribution is -0.123. The summed E-state index contributed by atoms with van der Waals surface area (Å²) < 4.78 is 18.3. The molecule has 1 amide bonds. The molecule has 0 aliphatic carbocycles. The summed E-state index contributed by atoms with van der Waals surface area (Å²) in [5, 5.41) is 11.4. The molecule has 0 spiro atoms. The second kappa shape index (κ2) is 7.79. The highest BCUT2D eigenvalue weighted by Gasteiger charge is 2.03. The molecular weight excluding hydrogens is 283 g/mol. The van der Waals surface area contributed by atoms with E-state index in [1.165, 1.54) is 12.1 Å². The topological polar surface area (TPSA) is 62.1 Å². The summed E-state index contributed by atoms with van der Waals surface area (Å²) in [6.45, 7) is 0.314. The van der Waals surface area contributed by atoms with Crippen LogP contribution in [0.3, 0.4) is 0 Å². The zero-order valence-electron chi connectivity index (χ0n) is 11.9. The van der Waals surface area contributed by atoms with Gasteiger partial charge >= 0.3 is 0 Å². The lowest BCUT2D eigenvalue weighted by Gasteiger charge is -2.07. The van der Waals surface area contributed by atoms with E-state index in [0.29, 0.717) is 24.3 Å². The van der Waals surface area contributed by atoms with Gasteiger partial charge in [-0.05, 0) is 48.4 Å². The van der Waals surface area contributed by atoms with Gasteiger partial charge in [0.25, 0.3) is 5.91 Å². The van der Waals surface area contributed by atoms with Crippen LogP contribution in [0.2, 0.25) is 0 Å². The number of rotatable bonds is 6. The molecular formula is C17H15FN2O2. The molecule has 2 rings (SSSR count). The van der Waals surface area contributed by atoms with Gasteiger partial charge in [0.05, 0.1) is 11.6 Å². The Morgan fingerprint density at radius 1 is 1.23 bits per heavy atom. The van der Waals surface area contributed by atoms with Crippen LogP contribution in [0.1, 0.15) is 11.1 Å². The van der Waals surface area contributed by atoms with E-state index in [-0.39, 0.29) is 18.3 Å². The average Bonchev–Trinajstić information content (AvgIpc) is 2.53. The molecule has 0 aromatic heterocycles. The van der Waals surface area contributed by atoms with Crippen LogP contribution in [0.4, 0.5) is 4.39 Å². The van der Waals surface area contributed by atoms with Gasteiger partial charge in [0.2, 0.25) is 0 Å². The summed E-state index contributed by atoms with van der Waals surface area (Å²) in [6, 6.07) is 14.8. The third-order valence-corrected chi connectivity index (χ3v) is 2.98. The van der Waals surface area contributed by atoms with E-state index in [0.717, 1.165) is 5.56 Å². The number of halogens is 1. The molecule has 5 heteroatoms. The summed E-state index contributed by atoms with van der Waals surface area (Å²) in [5.41, 5.74) is 1.36. The van der Waals surface area contributed by atoms with Crippen LogP contribution >= 0.6 is 0 Å². The summed E-state index contributed by atoms with van der Waals surface area (Å²) in [7, 11) is 0. The predicted molar refractivity (Wildman–Crippen MR) is 79.8 cm³/mol. The molecule has 22 heavy (non-hydrogen) atoms. The van der Waals surface area contributed by atoms with Gasteiger partial charge in [-0.3, -0.25) is 4.79 Å². The smallest absolute Gasteiger partial charge is 0.257 e. The molecule has 0 aliphatic rings. The molecule has 0 radical (unpaired) electrons. The van der Waals surface area contributed by atoms with Crippen molar-refractivity contribution in [1.82, 2.24) is 5.32 Å². The third-order valence-electron chi connectivity index (χ3n) is 2.98. The lowest BCUT2D eigenvalue weighted by Crippen LogP contribution is -2.30. The quantitative estimate of drug-likeness (QED) is 0.891. The molecule has 112 valence electrons. The molecule has 1 N–H and O–H groups in total. The van der Waals surface area contributed by atoms with E-state index in [4.69, 9.17) is 10.00 Å². The van der Waals surface area contributed by atoms with Crippen molar-refractivity contribution in [3.05, 3.63) is 65.5 Å². The lowest BCUT2D eigenvalue weighted by atomic mass is 10.1. The van der Waals surface area contributed by atoms with E-state index < -0.39 is 0 Å². The molecule has 0 saturated heterocycles. The molecule has 0 saturated carbocycles. The Bertz CT molecular complexity index is 678. The van der Waals surface area contributed by atoms with Gasteiger partial charge in [0.15, 0.2) is 6.61 Å². The van der Waals surface area contributed by atoms with Gasteiger partial charge < -0.3 is 10.1 Å². The number of benzene rings is 2. The number of carbonyl (C=O) groups is 1. The SMILES string of the molecule is N#Cc1ccc(OCC(=O)NCCc2cccc(F)c2)cc1. The van der Waals surface area contributed by atoms with E-state index in [2.05, 4.69) is 5.32 Å². The highest BCUT2D eigenvalue weighted by molar-refractivity contribution is 5.77. The van der Waals surface area contributed by atoms with Crippen molar-refractivity contribution in [2.75, 3.05) is 13.2 Å². The van der Waals surface area contributed by atoms with Crippen molar-refractivity contribution in [1.29, 1.82) is 5.26 Å². The van der Waals surface area contributed by atoms with Crippen molar-refractivity contribution in [2.45, 2.75) is 6.42 Å². The summed E-state index contributed by atoms with van der Waals surface area (Å²) in [5.74, 6) is -0.00646. The van der Waals surface area contributed by atoms with Crippen LogP contribution in [-0.2, 0) is 11.2 Å². The van der Waals surface area contributed by atoms with E-state index in [1.54, 1.807) is 30.3 Å². The molecule has 0 fully saturated rings. The fraction of sp³-hybridized carbons (Fsp3) is 0.176. The Kier molecular flexibility index (Phi) is 5.50.